The number of fused-ring (bicyclic) bond motifs is 1. The zero-order valence-corrected chi connectivity index (χ0v) is 11.8. The minimum Gasteiger partial charge on any atom is -0.486 e. The highest BCUT2D eigenvalue weighted by atomic mass is 16.6. The SMILES string of the molecule is OC(c1ccc2c(c1)OCCO2)c1ccccc1C1CC1. The largest absolute Gasteiger partial charge is 0.486 e. The van der Waals surface area contributed by atoms with Crippen molar-refractivity contribution in [1.82, 2.24) is 0 Å². The minimum atomic E-state index is -0.613. The lowest BCUT2D eigenvalue weighted by molar-refractivity contribution is 0.169. The first-order valence-corrected chi connectivity index (χ1v) is 7.49. The van der Waals surface area contributed by atoms with E-state index in [0.717, 1.165) is 22.6 Å². The number of hydrogen-bond acceptors (Lipinski definition) is 3. The van der Waals surface area contributed by atoms with Gasteiger partial charge in [0.1, 0.15) is 19.3 Å². The third-order valence-electron chi connectivity index (χ3n) is 4.19. The highest BCUT2D eigenvalue weighted by Gasteiger charge is 2.28. The maximum absolute atomic E-state index is 10.8. The molecule has 1 heterocycles. The lowest BCUT2D eigenvalue weighted by Crippen LogP contribution is -2.15. The Balaban J connectivity index is 1.70. The quantitative estimate of drug-likeness (QED) is 0.937. The van der Waals surface area contributed by atoms with Crippen molar-refractivity contribution < 1.29 is 14.6 Å². The van der Waals surface area contributed by atoms with Crippen LogP contribution in [0.15, 0.2) is 42.5 Å². The van der Waals surface area contributed by atoms with E-state index in [1.807, 2.05) is 36.4 Å². The van der Waals surface area contributed by atoms with E-state index in [2.05, 4.69) is 6.07 Å². The Morgan fingerprint density at radius 1 is 0.952 bits per heavy atom. The molecule has 1 atom stereocenters. The van der Waals surface area contributed by atoms with Crippen molar-refractivity contribution in [1.29, 1.82) is 0 Å². The average molecular weight is 282 g/mol. The number of aliphatic hydroxyl groups excluding tert-OH is 1. The van der Waals surface area contributed by atoms with Crippen LogP contribution in [0, 0.1) is 0 Å². The summed E-state index contributed by atoms with van der Waals surface area (Å²) >= 11 is 0. The van der Waals surface area contributed by atoms with Gasteiger partial charge in [-0.25, -0.2) is 0 Å². The fourth-order valence-electron chi connectivity index (χ4n) is 2.94. The lowest BCUT2D eigenvalue weighted by Gasteiger charge is -2.21. The van der Waals surface area contributed by atoms with Crippen LogP contribution in [-0.4, -0.2) is 18.3 Å². The van der Waals surface area contributed by atoms with Gasteiger partial charge in [0.05, 0.1) is 0 Å². The first-order valence-electron chi connectivity index (χ1n) is 7.49. The molecule has 1 fully saturated rings. The Bertz CT molecular complexity index is 661. The fraction of sp³-hybridized carbons (Fsp3) is 0.333. The number of aliphatic hydroxyl groups is 1. The summed E-state index contributed by atoms with van der Waals surface area (Å²) < 4.78 is 11.1. The summed E-state index contributed by atoms with van der Waals surface area (Å²) in [6.45, 7) is 1.14. The summed E-state index contributed by atoms with van der Waals surface area (Å²) in [4.78, 5) is 0. The number of hydrogen-bond donors (Lipinski definition) is 1. The smallest absolute Gasteiger partial charge is 0.161 e. The van der Waals surface area contributed by atoms with Crippen LogP contribution in [0.5, 0.6) is 11.5 Å². The van der Waals surface area contributed by atoms with Crippen LogP contribution in [0.3, 0.4) is 0 Å². The Morgan fingerprint density at radius 3 is 2.52 bits per heavy atom. The molecule has 0 spiro atoms. The van der Waals surface area contributed by atoms with Crippen LogP contribution in [0.2, 0.25) is 0 Å². The van der Waals surface area contributed by atoms with E-state index in [-0.39, 0.29) is 0 Å². The van der Waals surface area contributed by atoms with Gasteiger partial charge in [-0.1, -0.05) is 30.3 Å². The average Bonchev–Trinajstić information content (AvgIpc) is 3.38. The Morgan fingerprint density at radius 2 is 1.71 bits per heavy atom. The third-order valence-corrected chi connectivity index (χ3v) is 4.19. The van der Waals surface area contributed by atoms with E-state index >= 15 is 0 Å². The van der Waals surface area contributed by atoms with Gasteiger partial charge in [-0.15, -0.1) is 0 Å². The number of ether oxygens (including phenoxy) is 2. The van der Waals surface area contributed by atoms with Crippen molar-refractivity contribution in [3.8, 4) is 11.5 Å². The normalized spacial score (nSPS) is 18.3. The van der Waals surface area contributed by atoms with Crippen LogP contribution in [0.25, 0.3) is 0 Å². The molecule has 0 bridgehead atoms. The number of benzene rings is 2. The van der Waals surface area contributed by atoms with Crippen molar-refractivity contribution in [2.24, 2.45) is 0 Å². The van der Waals surface area contributed by atoms with E-state index in [1.165, 1.54) is 18.4 Å². The molecule has 108 valence electrons. The topological polar surface area (TPSA) is 38.7 Å². The fourth-order valence-corrected chi connectivity index (χ4v) is 2.94. The van der Waals surface area contributed by atoms with Crippen molar-refractivity contribution >= 4 is 0 Å². The molecule has 1 aliphatic heterocycles. The highest BCUT2D eigenvalue weighted by molar-refractivity contribution is 5.47. The summed E-state index contributed by atoms with van der Waals surface area (Å²) in [6.07, 6.45) is 1.84. The molecule has 21 heavy (non-hydrogen) atoms. The predicted octanol–water partition coefficient (Wildman–Crippen LogP) is 3.42. The van der Waals surface area contributed by atoms with Crippen molar-refractivity contribution in [2.45, 2.75) is 24.9 Å². The van der Waals surface area contributed by atoms with Gasteiger partial charge in [0.15, 0.2) is 11.5 Å². The van der Waals surface area contributed by atoms with Gasteiger partial charge >= 0.3 is 0 Å². The second kappa shape index (κ2) is 5.08. The van der Waals surface area contributed by atoms with E-state index in [0.29, 0.717) is 19.1 Å². The molecular formula is C18H18O3. The minimum absolute atomic E-state index is 0.561. The molecule has 4 rings (SSSR count). The van der Waals surface area contributed by atoms with Crippen LogP contribution in [0.4, 0.5) is 0 Å². The standard InChI is InChI=1S/C18H18O3/c19-18(15-4-2-1-3-14(15)12-5-6-12)13-7-8-16-17(11-13)21-10-9-20-16/h1-4,7-8,11-12,18-19H,5-6,9-10H2. The van der Waals surface area contributed by atoms with E-state index < -0.39 is 6.10 Å². The first-order chi connectivity index (χ1) is 10.3. The molecule has 1 N–H and O–H groups in total. The zero-order valence-electron chi connectivity index (χ0n) is 11.8. The molecule has 3 nitrogen and oxygen atoms in total. The first kappa shape index (κ1) is 12.7. The van der Waals surface area contributed by atoms with Gasteiger partial charge in [-0.05, 0) is 47.6 Å². The van der Waals surface area contributed by atoms with Gasteiger partial charge in [0.25, 0.3) is 0 Å². The Labute approximate surface area is 124 Å². The summed E-state index contributed by atoms with van der Waals surface area (Å²) in [7, 11) is 0. The summed E-state index contributed by atoms with van der Waals surface area (Å²) in [6, 6.07) is 13.9. The third kappa shape index (κ3) is 2.38. The maximum Gasteiger partial charge on any atom is 0.161 e. The maximum atomic E-state index is 10.8. The van der Waals surface area contributed by atoms with Gasteiger partial charge in [-0.3, -0.25) is 0 Å². The van der Waals surface area contributed by atoms with E-state index in [1.54, 1.807) is 0 Å². The molecule has 0 amide bonds. The van der Waals surface area contributed by atoms with Gasteiger partial charge < -0.3 is 14.6 Å². The molecule has 1 unspecified atom stereocenters. The molecule has 0 saturated heterocycles. The molecule has 0 radical (unpaired) electrons. The van der Waals surface area contributed by atoms with Gasteiger partial charge in [0.2, 0.25) is 0 Å². The number of rotatable bonds is 3. The molecule has 2 aliphatic rings. The Kier molecular flexibility index (Phi) is 3.08. The van der Waals surface area contributed by atoms with Crippen molar-refractivity contribution in [2.75, 3.05) is 13.2 Å². The van der Waals surface area contributed by atoms with Gasteiger partial charge in [0, 0.05) is 0 Å². The zero-order chi connectivity index (χ0) is 14.2. The molecule has 0 aromatic heterocycles. The van der Waals surface area contributed by atoms with Crippen LogP contribution < -0.4 is 9.47 Å². The molecule has 2 aromatic rings. The second-order valence-electron chi connectivity index (χ2n) is 5.71. The molecule has 2 aromatic carbocycles. The van der Waals surface area contributed by atoms with Crippen molar-refractivity contribution in [3.63, 3.8) is 0 Å². The monoisotopic (exact) mass is 282 g/mol. The van der Waals surface area contributed by atoms with E-state index in [4.69, 9.17) is 9.47 Å². The second-order valence-corrected chi connectivity index (χ2v) is 5.71. The highest BCUT2D eigenvalue weighted by Crippen LogP contribution is 2.44. The van der Waals surface area contributed by atoms with Gasteiger partial charge in [-0.2, -0.15) is 0 Å². The summed E-state index contributed by atoms with van der Waals surface area (Å²) in [5.74, 6) is 2.10. The van der Waals surface area contributed by atoms with Crippen LogP contribution in [-0.2, 0) is 0 Å². The molecule has 1 saturated carbocycles. The van der Waals surface area contributed by atoms with Crippen LogP contribution >= 0.6 is 0 Å². The lowest BCUT2D eigenvalue weighted by atomic mass is 9.94. The van der Waals surface area contributed by atoms with E-state index in [9.17, 15) is 5.11 Å². The predicted molar refractivity (Wildman–Crippen MR) is 79.9 cm³/mol. The van der Waals surface area contributed by atoms with Crippen LogP contribution in [0.1, 0.15) is 41.6 Å². The molecular weight excluding hydrogens is 264 g/mol. The summed E-state index contributed by atoms with van der Waals surface area (Å²) in [5, 5.41) is 10.8. The molecule has 3 heteroatoms. The summed E-state index contributed by atoms with van der Waals surface area (Å²) in [5.41, 5.74) is 3.14. The molecule has 1 aliphatic carbocycles. The Hall–Kier alpha value is -2.00. The van der Waals surface area contributed by atoms with Crippen molar-refractivity contribution in [3.05, 3.63) is 59.2 Å².